The Bertz CT molecular complexity index is 1160. The molecule has 11 heteroatoms. The summed E-state index contributed by atoms with van der Waals surface area (Å²) in [7, 11) is -3.62. The number of nitrogens with one attached hydrogen (secondary N) is 2. The Morgan fingerprint density at radius 2 is 1.47 bits per heavy atom. The van der Waals surface area contributed by atoms with Crippen LogP contribution in [0, 0.1) is 5.92 Å². The minimum atomic E-state index is -5.08. The lowest BCUT2D eigenvalue weighted by molar-refractivity contribution is -0.192. The number of alkyl halides is 3. The van der Waals surface area contributed by atoms with Crippen molar-refractivity contribution < 1.29 is 36.3 Å². The van der Waals surface area contributed by atoms with Gasteiger partial charge >= 0.3 is 12.1 Å². The van der Waals surface area contributed by atoms with Gasteiger partial charge in [0.15, 0.2) is 0 Å². The molecular weight excluding hydrogens is 497 g/mol. The number of rotatable bonds is 6. The first-order valence-corrected chi connectivity index (χ1v) is 13.1. The van der Waals surface area contributed by atoms with Crippen LogP contribution >= 0.6 is 0 Å². The summed E-state index contributed by atoms with van der Waals surface area (Å²) in [5, 5.41) is 10.4. The molecule has 4 rings (SSSR count). The molecule has 0 unspecified atom stereocenters. The van der Waals surface area contributed by atoms with Crippen LogP contribution in [0.15, 0.2) is 59.5 Å². The van der Waals surface area contributed by atoms with E-state index < -0.39 is 27.6 Å². The first kappa shape index (κ1) is 27.5. The lowest BCUT2D eigenvalue weighted by atomic mass is 9.86. The van der Waals surface area contributed by atoms with Gasteiger partial charge in [0.2, 0.25) is 5.91 Å². The fraction of sp³-hybridized carbons (Fsp3) is 0.440. The molecule has 2 aromatic carbocycles. The van der Waals surface area contributed by atoms with Gasteiger partial charge in [-0.25, -0.2) is 13.2 Å². The third-order valence-corrected chi connectivity index (χ3v) is 7.92. The first-order chi connectivity index (χ1) is 16.8. The van der Waals surface area contributed by atoms with Gasteiger partial charge in [0, 0.05) is 11.7 Å². The highest BCUT2D eigenvalue weighted by Crippen LogP contribution is 2.49. The highest BCUT2D eigenvalue weighted by molar-refractivity contribution is 7.92. The Morgan fingerprint density at radius 3 is 1.94 bits per heavy atom. The molecule has 0 atom stereocenters. The topological polar surface area (TPSA) is 113 Å². The Morgan fingerprint density at radius 1 is 0.944 bits per heavy atom. The number of benzene rings is 2. The molecule has 3 N–H and O–H groups in total. The molecule has 0 bridgehead atoms. The van der Waals surface area contributed by atoms with Gasteiger partial charge in [0.25, 0.3) is 10.0 Å². The highest BCUT2D eigenvalue weighted by Gasteiger charge is 2.51. The number of hydrogen-bond donors (Lipinski definition) is 3. The van der Waals surface area contributed by atoms with Crippen molar-refractivity contribution in [2.45, 2.75) is 68.0 Å². The number of halogens is 3. The van der Waals surface area contributed by atoms with E-state index in [9.17, 15) is 26.4 Å². The molecule has 0 heterocycles. The van der Waals surface area contributed by atoms with Crippen LogP contribution in [0.4, 0.5) is 18.9 Å². The smallest absolute Gasteiger partial charge is 0.475 e. The molecule has 0 saturated heterocycles. The van der Waals surface area contributed by atoms with E-state index in [1.54, 1.807) is 42.5 Å². The van der Waals surface area contributed by atoms with Gasteiger partial charge in [-0.3, -0.25) is 9.52 Å². The molecule has 1 amide bonds. The zero-order chi connectivity index (χ0) is 26.6. The van der Waals surface area contributed by atoms with Gasteiger partial charge in [-0.1, -0.05) is 37.3 Å². The van der Waals surface area contributed by atoms with E-state index in [0.717, 1.165) is 37.2 Å². The lowest BCUT2D eigenvalue weighted by Gasteiger charge is -2.28. The second kappa shape index (κ2) is 10.9. The van der Waals surface area contributed by atoms with Crippen LogP contribution in [-0.4, -0.2) is 37.6 Å². The summed E-state index contributed by atoms with van der Waals surface area (Å²) in [5.74, 6) is -1.88. The van der Waals surface area contributed by atoms with Gasteiger partial charge in [-0.15, -0.1) is 0 Å². The predicted octanol–water partition coefficient (Wildman–Crippen LogP) is 4.85. The molecule has 2 fully saturated rings. The molecule has 0 radical (unpaired) electrons. The quantitative estimate of drug-likeness (QED) is 0.498. The highest BCUT2D eigenvalue weighted by atomic mass is 32.2. The van der Waals surface area contributed by atoms with Crippen molar-refractivity contribution in [1.29, 1.82) is 0 Å². The van der Waals surface area contributed by atoms with Crippen molar-refractivity contribution in [3.8, 4) is 0 Å². The van der Waals surface area contributed by atoms with Crippen LogP contribution in [0.2, 0.25) is 0 Å². The zero-order valence-electron chi connectivity index (χ0n) is 19.7. The summed E-state index contributed by atoms with van der Waals surface area (Å²) in [5.41, 5.74) is 1.01. The molecule has 36 heavy (non-hydrogen) atoms. The second-order valence-electron chi connectivity index (χ2n) is 9.31. The number of carbonyl (C=O) groups is 2. The molecule has 0 aliphatic heterocycles. The Labute approximate surface area is 208 Å². The molecule has 0 spiro atoms. The summed E-state index contributed by atoms with van der Waals surface area (Å²) in [4.78, 5) is 22.1. The number of amides is 1. The van der Waals surface area contributed by atoms with Crippen LogP contribution in [0.5, 0.6) is 0 Å². The summed E-state index contributed by atoms with van der Waals surface area (Å²) >= 11 is 0. The van der Waals surface area contributed by atoms with Crippen molar-refractivity contribution >= 4 is 27.6 Å². The van der Waals surface area contributed by atoms with Crippen molar-refractivity contribution in [2.24, 2.45) is 5.92 Å². The van der Waals surface area contributed by atoms with E-state index >= 15 is 0 Å². The molecular formula is C25H29F3N2O5S. The van der Waals surface area contributed by atoms with E-state index in [1.165, 1.54) is 12.8 Å². The summed E-state index contributed by atoms with van der Waals surface area (Å²) in [6, 6.07) is 15.8. The molecule has 0 aromatic heterocycles. The van der Waals surface area contributed by atoms with Crippen LogP contribution in [0.1, 0.15) is 51.0 Å². The van der Waals surface area contributed by atoms with E-state index in [-0.39, 0.29) is 16.8 Å². The zero-order valence-corrected chi connectivity index (χ0v) is 20.5. The molecule has 2 aliphatic rings. The number of sulfonamides is 1. The normalized spacial score (nSPS) is 20.9. The van der Waals surface area contributed by atoms with Crippen LogP contribution in [-0.2, 0) is 25.0 Å². The monoisotopic (exact) mass is 526 g/mol. The number of aliphatic carboxylic acids is 1. The van der Waals surface area contributed by atoms with Crippen molar-refractivity contribution in [3.05, 3.63) is 60.2 Å². The summed E-state index contributed by atoms with van der Waals surface area (Å²) < 4.78 is 59.3. The van der Waals surface area contributed by atoms with Gasteiger partial charge in [-0.05, 0) is 74.3 Å². The van der Waals surface area contributed by atoms with Crippen molar-refractivity contribution in [3.63, 3.8) is 0 Å². The van der Waals surface area contributed by atoms with Gasteiger partial charge in [0.1, 0.15) is 0 Å². The Kier molecular flexibility index (Phi) is 8.33. The average molecular weight is 527 g/mol. The minimum absolute atomic E-state index is 0.120. The fourth-order valence-electron chi connectivity index (χ4n) is 4.17. The SMILES string of the molecule is CC1CCC(NC(=O)C2(c3ccc(NS(=O)(=O)c4ccccc4)cc3)CC2)CC1.O=C(O)C(F)(F)F. The van der Waals surface area contributed by atoms with E-state index in [1.807, 2.05) is 12.1 Å². The molecule has 2 saturated carbocycles. The number of carboxylic acid groups (broad SMARTS) is 1. The third kappa shape index (κ3) is 6.99. The van der Waals surface area contributed by atoms with Crippen LogP contribution in [0.25, 0.3) is 0 Å². The predicted molar refractivity (Wildman–Crippen MR) is 128 cm³/mol. The van der Waals surface area contributed by atoms with Crippen LogP contribution in [0.3, 0.4) is 0 Å². The summed E-state index contributed by atoms with van der Waals surface area (Å²) in [6.45, 7) is 2.27. The Hall–Kier alpha value is -3.08. The number of anilines is 1. The maximum absolute atomic E-state index is 13.0. The fourth-order valence-corrected chi connectivity index (χ4v) is 5.25. The van der Waals surface area contributed by atoms with Gasteiger partial charge in [-0.2, -0.15) is 13.2 Å². The second-order valence-corrected chi connectivity index (χ2v) is 11.0. The maximum Gasteiger partial charge on any atom is 0.490 e. The van der Waals surface area contributed by atoms with E-state index in [2.05, 4.69) is 17.0 Å². The number of hydrogen-bond acceptors (Lipinski definition) is 4. The van der Waals surface area contributed by atoms with E-state index in [4.69, 9.17) is 9.90 Å². The van der Waals surface area contributed by atoms with Crippen molar-refractivity contribution in [1.82, 2.24) is 5.32 Å². The van der Waals surface area contributed by atoms with Gasteiger partial charge < -0.3 is 10.4 Å². The van der Waals surface area contributed by atoms with Crippen molar-refractivity contribution in [2.75, 3.05) is 4.72 Å². The standard InChI is InChI=1S/C23H28N2O3S.C2HF3O2/c1-17-7-11-19(12-8-17)24-22(26)23(15-16-23)18-9-13-20(14-10-18)25-29(27,28)21-5-3-2-4-6-21;3-2(4,5)1(6)7/h2-6,9-10,13-14,17,19,25H,7-8,11-12,15-16H2,1H3,(H,24,26);(H,6,7). The molecule has 7 nitrogen and oxygen atoms in total. The van der Waals surface area contributed by atoms with E-state index in [0.29, 0.717) is 5.69 Å². The number of carboxylic acids is 1. The van der Waals surface area contributed by atoms with Crippen LogP contribution < -0.4 is 10.0 Å². The molecule has 2 aromatic rings. The Balaban J connectivity index is 0.000000454. The maximum atomic E-state index is 13.0. The minimum Gasteiger partial charge on any atom is -0.475 e. The van der Waals surface area contributed by atoms with Gasteiger partial charge in [0.05, 0.1) is 10.3 Å². The first-order valence-electron chi connectivity index (χ1n) is 11.6. The molecule has 196 valence electrons. The lowest BCUT2D eigenvalue weighted by Crippen LogP contribution is -2.43. The largest absolute Gasteiger partial charge is 0.490 e. The third-order valence-electron chi connectivity index (χ3n) is 6.52. The number of carbonyl (C=O) groups excluding carboxylic acids is 1. The molecule has 2 aliphatic carbocycles. The summed E-state index contributed by atoms with van der Waals surface area (Å²) in [6.07, 6.45) is 1.07. The average Bonchev–Trinajstić information content (AvgIpc) is 3.63.